The summed E-state index contributed by atoms with van der Waals surface area (Å²) in [5, 5.41) is 6.65. The maximum atomic E-state index is 12.6. The summed E-state index contributed by atoms with van der Waals surface area (Å²) in [7, 11) is 0. The van der Waals surface area contributed by atoms with E-state index in [0.717, 1.165) is 32.4 Å². The number of rotatable bonds is 5. The lowest BCUT2D eigenvalue weighted by Crippen LogP contribution is -2.40. The molecule has 148 valence electrons. The molecule has 1 aliphatic rings. The van der Waals surface area contributed by atoms with Crippen molar-refractivity contribution < 1.29 is 14.3 Å². The highest BCUT2D eigenvalue weighted by atomic mass is 16.5. The molecule has 0 radical (unpaired) electrons. The van der Waals surface area contributed by atoms with Gasteiger partial charge in [-0.3, -0.25) is 4.79 Å². The van der Waals surface area contributed by atoms with Crippen LogP contribution in [0.15, 0.2) is 54.6 Å². The van der Waals surface area contributed by atoms with E-state index in [0.29, 0.717) is 23.7 Å². The minimum absolute atomic E-state index is 0.0254. The number of esters is 1. The van der Waals surface area contributed by atoms with Crippen molar-refractivity contribution in [3.8, 4) is 0 Å². The molecule has 5 heteroatoms. The smallest absolute Gasteiger partial charge is 0.338 e. The number of carbonyl (C=O) groups is 2. The second kappa shape index (κ2) is 10.0. The van der Waals surface area contributed by atoms with E-state index in [2.05, 4.69) is 10.6 Å². The molecule has 2 atom stereocenters. The van der Waals surface area contributed by atoms with Gasteiger partial charge < -0.3 is 15.4 Å². The molecule has 0 aromatic heterocycles. The van der Waals surface area contributed by atoms with Crippen molar-refractivity contribution in [2.75, 3.05) is 19.7 Å². The quantitative estimate of drug-likeness (QED) is 0.779. The zero-order chi connectivity index (χ0) is 19.8. The third kappa shape index (κ3) is 5.42. The topological polar surface area (TPSA) is 67.4 Å². The lowest BCUT2D eigenvalue weighted by Gasteiger charge is -2.28. The molecule has 5 nitrogen and oxygen atoms in total. The maximum absolute atomic E-state index is 12.6. The van der Waals surface area contributed by atoms with Crippen LogP contribution < -0.4 is 10.6 Å². The molecule has 1 aliphatic heterocycles. The van der Waals surface area contributed by atoms with Crippen LogP contribution in [0.2, 0.25) is 0 Å². The Bertz CT molecular complexity index is 774. The first-order chi connectivity index (χ1) is 13.7. The highest BCUT2D eigenvalue weighted by molar-refractivity contribution is 5.94. The molecule has 1 heterocycles. The first-order valence-electron chi connectivity index (χ1n) is 10.0. The van der Waals surface area contributed by atoms with E-state index in [1.807, 2.05) is 54.6 Å². The fourth-order valence-corrected chi connectivity index (χ4v) is 3.65. The van der Waals surface area contributed by atoms with Crippen molar-refractivity contribution in [1.82, 2.24) is 10.6 Å². The van der Waals surface area contributed by atoms with E-state index >= 15 is 0 Å². The van der Waals surface area contributed by atoms with E-state index < -0.39 is 0 Å². The number of amides is 1. The van der Waals surface area contributed by atoms with E-state index in [9.17, 15) is 9.59 Å². The summed E-state index contributed by atoms with van der Waals surface area (Å²) >= 11 is 0. The number of benzene rings is 2. The maximum Gasteiger partial charge on any atom is 0.338 e. The van der Waals surface area contributed by atoms with E-state index in [1.165, 1.54) is 5.56 Å². The van der Waals surface area contributed by atoms with Crippen molar-refractivity contribution in [2.24, 2.45) is 0 Å². The van der Waals surface area contributed by atoms with Crippen LogP contribution in [0.4, 0.5) is 0 Å². The highest BCUT2D eigenvalue weighted by Gasteiger charge is 2.22. The van der Waals surface area contributed by atoms with Gasteiger partial charge in [0.05, 0.1) is 12.2 Å². The van der Waals surface area contributed by atoms with Crippen LogP contribution in [-0.4, -0.2) is 37.6 Å². The Hall–Kier alpha value is -2.66. The van der Waals surface area contributed by atoms with Gasteiger partial charge in [-0.1, -0.05) is 30.3 Å². The second-order valence-electron chi connectivity index (χ2n) is 7.14. The number of ether oxygens (including phenoxy) is 1. The van der Waals surface area contributed by atoms with Gasteiger partial charge in [0.2, 0.25) is 0 Å². The molecule has 2 unspecified atom stereocenters. The van der Waals surface area contributed by atoms with Crippen LogP contribution in [0.5, 0.6) is 0 Å². The molecule has 0 aliphatic carbocycles. The van der Waals surface area contributed by atoms with E-state index in [4.69, 9.17) is 4.74 Å². The van der Waals surface area contributed by atoms with E-state index in [1.54, 1.807) is 6.92 Å². The van der Waals surface area contributed by atoms with Gasteiger partial charge in [-0.2, -0.15) is 0 Å². The molecule has 28 heavy (non-hydrogen) atoms. The first-order valence-corrected chi connectivity index (χ1v) is 10.0. The molecular formula is C23H28N2O3. The Morgan fingerprint density at radius 3 is 2.43 bits per heavy atom. The minimum atomic E-state index is -0.290. The van der Waals surface area contributed by atoms with Gasteiger partial charge in [-0.25, -0.2) is 4.79 Å². The van der Waals surface area contributed by atoms with Crippen LogP contribution in [0, 0.1) is 0 Å². The van der Waals surface area contributed by atoms with Crippen molar-refractivity contribution >= 4 is 11.9 Å². The summed E-state index contributed by atoms with van der Waals surface area (Å²) in [5.74, 6) is 0.00841. The predicted octanol–water partition coefficient (Wildman–Crippen LogP) is 3.52. The van der Waals surface area contributed by atoms with Gasteiger partial charge >= 0.3 is 5.97 Å². The minimum Gasteiger partial charge on any atom is -0.462 e. The Morgan fingerprint density at radius 2 is 1.71 bits per heavy atom. The molecule has 0 spiro atoms. The summed E-state index contributed by atoms with van der Waals surface area (Å²) in [6.45, 7) is 4.02. The Labute approximate surface area is 166 Å². The normalized spacial score (nSPS) is 19.9. The van der Waals surface area contributed by atoms with Gasteiger partial charge in [-0.05, 0) is 75.0 Å². The highest BCUT2D eigenvalue weighted by Crippen LogP contribution is 2.27. The van der Waals surface area contributed by atoms with Crippen LogP contribution in [0.3, 0.4) is 0 Å². The van der Waals surface area contributed by atoms with Crippen molar-refractivity contribution in [2.45, 2.75) is 38.1 Å². The van der Waals surface area contributed by atoms with Crippen LogP contribution >= 0.6 is 0 Å². The Kier molecular flexibility index (Phi) is 7.20. The average molecular weight is 380 g/mol. The third-order valence-corrected chi connectivity index (χ3v) is 5.17. The van der Waals surface area contributed by atoms with Crippen LogP contribution in [0.1, 0.15) is 58.4 Å². The molecule has 2 aromatic rings. The van der Waals surface area contributed by atoms with Crippen LogP contribution in [0.25, 0.3) is 0 Å². The molecule has 0 bridgehead atoms. The van der Waals surface area contributed by atoms with Gasteiger partial charge in [0, 0.05) is 11.6 Å². The second-order valence-corrected chi connectivity index (χ2v) is 7.14. The summed E-state index contributed by atoms with van der Waals surface area (Å²) in [4.78, 5) is 24.4. The monoisotopic (exact) mass is 380 g/mol. The summed E-state index contributed by atoms with van der Waals surface area (Å²) < 4.78 is 5.06. The molecule has 1 saturated heterocycles. The standard InChI is InChI=1S/C23H28N2O3/c1-2-28-23(27)19-10-8-17(9-11-19)20-12-14-24-15-13-21(16-20)25-22(26)18-6-4-3-5-7-18/h3-11,20-21,24H,2,12-16H2,1H3,(H,25,26). The molecule has 2 aromatic carbocycles. The molecular weight excluding hydrogens is 352 g/mol. The van der Waals surface area contributed by atoms with Gasteiger partial charge in [0.25, 0.3) is 5.91 Å². The number of hydrogen-bond donors (Lipinski definition) is 2. The zero-order valence-electron chi connectivity index (χ0n) is 16.3. The van der Waals surface area contributed by atoms with Crippen molar-refractivity contribution in [3.05, 3.63) is 71.3 Å². The fraction of sp³-hybridized carbons (Fsp3) is 0.391. The largest absolute Gasteiger partial charge is 0.462 e. The van der Waals surface area contributed by atoms with Crippen molar-refractivity contribution in [1.29, 1.82) is 0 Å². The number of carbonyl (C=O) groups excluding carboxylic acids is 2. The average Bonchev–Trinajstić information content (AvgIpc) is 2.71. The number of nitrogens with one attached hydrogen (secondary N) is 2. The lowest BCUT2D eigenvalue weighted by atomic mass is 9.86. The Morgan fingerprint density at radius 1 is 1.00 bits per heavy atom. The van der Waals surface area contributed by atoms with E-state index in [-0.39, 0.29) is 17.9 Å². The van der Waals surface area contributed by atoms with Gasteiger partial charge in [0.15, 0.2) is 0 Å². The SMILES string of the molecule is CCOC(=O)c1ccc(C2CCNCCC(NC(=O)c3ccccc3)C2)cc1. The summed E-state index contributed by atoms with van der Waals surface area (Å²) in [6, 6.07) is 17.1. The molecule has 0 saturated carbocycles. The third-order valence-electron chi connectivity index (χ3n) is 5.17. The lowest BCUT2D eigenvalue weighted by molar-refractivity contribution is 0.0526. The molecule has 1 amide bonds. The first kappa shape index (κ1) is 20.1. The zero-order valence-corrected chi connectivity index (χ0v) is 16.3. The molecule has 2 N–H and O–H groups in total. The Balaban J connectivity index is 1.68. The molecule has 1 fully saturated rings. The van der Waals surface area contributed by atoms with Crippen molar-refractivity contribution in [3.63, 3.8) is 0 Å². The fourth-order valence-electron chi connectivity index (χ4n) is 3.65. The van der Waals surface area contributed by atoms with Gasteiger partial charge in [0.1, 0.15) is 0 Å². The number of hydrogen-bond acceptors (Lipinski definition) is 4. The summed E-state index contributed by atoms with van der Waals surface area (Å²) in [6.07, 6.45) is 2.78. The van der Waals surface area contributed by atoms with Crippen LogP contribution in [-0.2, 0) is 4.74 Å². The van der Waals surface area contributed by atoms with Gasteiger partial charge in [-0.15, -0.1) is 0 Å². The molecule has 3 rings (SSSR count). The summed E-state index contributed by atoms with van der Waals surface area (Å²) in [5.41, 5.74) is 2.45. The predicted molar refractivity (Wildman–Crippen MR) is 110 cm³/mol.